The Balaban J connectivity index is 1.74. The molecule has 1 atom stereocenters. The van der Waals surface area contributed by atoms with Gasteiger partial charge in [-0.1, -0.05) is 49.8 Å². The number of carbonyl (C=O) groups is 2. The van der Waals surface area contributed by atoms with Crippen LogP contribution in [0.25, 0.3) is 10.2 Å². The van der Waals surface area contributed by atoms with Crippen molar-refractivity contribution in [2.75, 3.05) is 5.32 Å². The number of nitrogens with zero attached hydrogens (tertiary/aromatic N) is 1. The molecular formula is C21H22ClN3O2S. The van der Waals surface area contributed by atoms with E-state index in [0.29, 0.717) is 15.7 Å². The lowest BCUT2D eigenvalue weighted by atomic mass is 10.0. The van der Waals surface area contributed by atoms with Gasteiger partial charge in [-0.15, -0.1) is 0 Å². The Hall–Kier alpha value is -2.44. The summed E-state index contributed by atoms with van der Waals surface area (Å²) in [6.07, 6.45) is 0.946. The average Bonchev–Trinajstić information content (AvgIpc) is 3.07. The molecule has 2 amide bonds. The number of rotatable bonds is 6. The highest BCUT2D eigenvalue weighted by molar-refractivity contribution is 7.22. The van der Waals surface area contributed by atoms with E-state index in [4.69, 9.17) is 11.6 Å². The molecule has 3 aromatic rings. The van der Waals surface area contributed by atoms with Crippen molar-refractivity contribution in [1.82, 2.24) is 10.3 Å². The molecule has 0 aliphatic rings. The van der Waals surface area contributed by atoms with Gasteiger partial charge in [0, 0.05) is 10.6 Å². The third-order valence-electron chi connectivity index (χ3n) is 4.43. The fraction of sp³-hybridized carbons (Fsp3) is 0.286. The van der Waals surface area contributed by atoms with E-state index >= 15 is 0 Å². The number of aromatic nitrogens is 1. The van der Waals surface area contributed by atoms with Crippen LogP contribution in [-0.2, 0) is 11.2 Å². The topological polar surface area (TPSA) is 71.1 Å². The van der Waals surface area contributed by atoms with E-state index in [2.05, 4.69) is 28.6 Å². The van der Waals surface area contributed by atoms with Gasteiger partial charge >= 0.3 is 0 Å². The van der Waals surface area contributed by atoms with Crippen molar-refractivity contribution in [1.29, 1.82) is 0 Å². The Labute approximate surface area is 173 Å². The maximum atomic E-state index is 12.8. The number of fused-ring (bicyclic) bond motifs is 1. The standard InChI is InChI=1S/C21H22ClN3O2S/c1-4-13-5-10-16-17(11-13)28-21(23-16)25-20(27)18(12(2)3)24-19(26)14-6-8-15(22)9-7-14/h5-12,18H,4H2,1-3H3,(H,24,26)(H,23,25,27)/t18-/m0/s1. The van der Waals surface area contributed by atoms with Crippen LogP contribution in [-0.4, -0.2) is 22.8 Å². The number of anilines is 1. The molecule has 28 heavy (non-hydrogen) atoms. The number of nitrogens with one attached hydrogen (secondary N) is 2. The lowest BCUT2D eigenvalue weighted by Crippen LogP contribution is -2.47. The molecule has 0 saturated carbocycles. The van der Waals surface area contributed by atoms with Crippen LogP contribution in [0.3, 0.4) is 0 Å². The summed E-state index contributed by atoms with van der Waals surface area (Å²) in [4.78, 5) is 29.8. The highest BCUT2D eigenvalue weighted by atomic mass is 35.5. The summed E-state index contributed by atoms with van der Waals surface area (Å²) in [5.41, 5.74) is 2.53. The van der Waals surface area contributed by atoms with Crippen molar-refractivity contribution in [3.8, 4) is 0 Å². The van der Waals surface area contributed by atoms with Crippen molar-refractivity contribution in [2.45, 2.75) is 33.2 Å². The van der Waals surface area contributed by atoms with E-state index in [1.807, 2.05) is 26.0 Å². The van der Waals surface area contributed by atoms with Gasteiger partial charge in [0.05, 0.1) is 10.2 Å². The Morgan fingerprint density at radius 2 is 1.86 bits per heavy atom. The van der Waals surface area contributed by atoms with Gasteiger partial charge in [-0.05, 0) is 54.3 Å². The van der Waals surface area contributed by atoms with Crippen molar-refractivity contribution in [2.24, 2.45) is 5.92 Å². The third-order valence-corrected chi connectivity index (χ3v) is 5.62. The van der Waals surface area contributed by atoms with Crippen molar-refractivity contribution >= 4 is 50.1 Å². The Morgan fingerprint density at radius 3 is 2.50 bits per heavy atom. The normalized spacial score (nSPS) is 12.2. The van der Waals surface area contributed by atoms with Gasteiger partial charge < -0.3 is 10.6 Å². The van der Waals surface area contributed by atoms with Crippen LogP contribution in [0.5, 0.6) is 0 Å². The molecule has 2 aromatic carbocycles. The number of amides is 2. The number of halogens is 1. The molecule has 0 aliphatic heterocycles. The Kier molecular flexibility index (Phi) is 6.31. The number of aryl methyl sites for hydroxylation is 1. The zero-order valence-electron chi connectivity index (χ0n) is 16.0. The highest BCUT2D eigenvalue weighted by Crippen LogP contribution is 2.27. The van der Waals surface area contributed by atoms with Gasteiger partial charge in [0.15, 0.2) is 5.13 Å². The molecule has 5 nitrogen and oxygen atoms in total. The number of benzene rings is 2. The second kappa shape index (κ2) is 8.71. The third kappa shape index (κ3) is 4.69. The lowest BCUT2D eigenvalue weighted by molar-refractivity contribution is -0.118. The van der Waals surface area contributed by atoms with E-state index in [0.717, 1.165) is 16.6 Å². The largest absolute Gasteiger partial charge is 0.340 e. The zero-order valence-corrected chi connectivity index (χ0v) is 17.5. The maximum Gasteiger partial charge on any atom is 0.251 e. The van der Waals surface area contributed by atoms with E-state index in [-0.39, 0.29) is 17.7 Å². The minimum atomic E-state index is -0.679. The van der Waals surface area contributed by atoms with Crippen LogP contribution >= 0.6 is 22.9 Å². The summed E-state index contributed by atoms with van der Waals surface area (Å²) in [6.45, 7) is 5.87. The SMILES string of the molecule is CCc1ccc2nc(NC(=O)[C@@H](NC(=O)c3ccc(Cl)cc3)C(C)C)sc2c1. The molecule has 0 bridgehead atoms. The summed E-state index contributed by atoms with van der Waals surface area (Å²) in [7, 11) is 0. The number of hydrogen-bond acceptors (Lipinski definition) is 4. The second-order valence-electron chi connectivity index (χ2n) is 6.87. The number of carbonyl (C=O) groups excluding carboxylic acids is 2. The quantitative estimate of drug-likeness (QED) is 0.601. The van der Waals surface area contributed by atoms with Gasteiger partial charge in [0.25, 0.3) is 5.91 Å². The predicted molar refractivity (Wildman–Crippen MR) is 115 cm³/mol. The fourth-order valence-electron chi connectivity index (χ4n) is 2.79. The minimum Gasteiger partial charge on any atom is -0.340 e. The van der Waals surface area contributed by atoms with Gasteiger partial charge in [0.2, 0.25) is 5.91 Å². The molecule has 146 valence electrons. The molecule has 1 heterocycles. The Morgan fingerprint density at radius 1 is 1.14 bits per heavy atom. The molecule has 3 rings (SSSR count). The molecule has 1 aromatic heterocycles. The van der Waals surface area contributed by atoms with Crippen molar-refractivity contribution in [3.63, 3.8) is 0 Å². The minimum absolute atomic E-state index is 0.0858. The monoisotopic (exact) mass is 415 g/mol. The Bertz CT molecular complexity index is 999. The molecule has 0 spiro atoms. The number of hydrogen-bond donors (Lipinski definition) is 2. The van der Waals surface area contributed by atoms with E-state index in [1.165, 1.54) is 16.9 Å². The molecule has 0 unspecified atom stereocenters. The molecule has 0 radical (unpaired) electrons. The molecule has 0 saturated heterocycles. The van der Waals surface area contributed by atoms with Crippen molar-refractivity contribution < 1.29 is 9.59 Å². The first-order chi connectivity index (χ1) is 13.4. The van der Waals surface area contributed by atoms with Crippen LogP contribution in [0.15, 0.2) is 42.5 Å². The molecule has 0 fully saturated rings. The molecular weight excluding hydrogens is 394 g/mol. The van der Waals surface area contributed by atoms with E-state index in [1.54, 1.807) is 24.3 Å². The smallest absolute Gasteiger partial charge is 0.251 e. The second-order valence-corrected chi connectivity index (χ2v) is 8.33. The molecule has 2 N–H and O–H groups in total. The highest BCUT2D eigenvalue weighted by Gasteiger charge is 2.25. The summed E-state index contributed by atoms with van der Waals surface area (Å²) in [6, 6.07) is 12.0. The van der Waals surface area contributed by atoms with Gasteiger partial charge in [-0.3, -0.25) is 9.59 Å². The summed E-state index contributed by atoms with van der Waals surface area (Å²) < 4.78 is 1.03. The first kappa shape index (κ1) is 20.3. The fourth-order valence-corrected chi connectivity index (χ4v) is 3.84. The molecule has 7 heteroatoms. The maximum absolute atomic E-state index is 12.8. The first-order valence-corrected chi connectivity index (χ1v) is 10.3. The first-order valence-electron chi connectivity index (χ1n) is 9.14. The average molecular weight is 416 g/mol. The predicted octanol–water partition coefficient (Wildman–Crippen LogP) is 4.91. The number of thiazole rings is 1. The van der Waals surface area contributed by atoms with Crippen LogP contribution in [0.2, 0.25) is 5.02 Å². The zero-order chi connectivity index (χ0) is 20.3. The van der Waals surface area contributed by atoms with E-state index < -0.39 is 6.04 Å². The van der Waals surface area contributed by atoms with Gasteiger partial charge in [-0.2, -0.15) is 0 Å². The van der Waals surface area contributed by atoms with Crippen LogP contribution in [0.1, 0.15) is 36.7 Å². The van der Waals surface area contributed by atoms with Crippen molar-refractivity contribution in [3.05, 3.63) is 58.6 Å². The summed E-state index contributed by atoms with van der Waals surface area (Å²) in [5.74, 6) is -0.688. The summed E-state index contributed by atoms with van der Waals surface area (Å²) in [5, 5.41) is 6.74. The van der Waals surface area contributed by atoms with E-state index in [9.17, 15) is 9.59 Å². The van der Waals surface area contributed by atoms with Crippen LogP contribution < -0.4 is 10.6 Å². The molecule has 0 aliphatic carbocycles. The van der Waals surface area contributed by atoms with Crippen LogP contribution in [0, 0.1) is 5.92 Å². The lowest BCUT2D eigenvalue weighted by Gasteiger charge is -2.21. The van der Waals surface area contributed by atoms with Gasteiger partial charge in [0.1, 0.15) is 6.04 Å². The summed E-state index contributed by atoms with van der Waals surface area (Å²) >= 11 is 7.29. The van der Waals surface area contributed by atoms with Crippen LogP contribution in [0.4, 0.5) is 5.13 Å². The van der Waals surface area contributed by atoms with Gasteiger partial charge in [-0.25, -0.2) is 4.98 Å².